The van der Waals surface area contributed by atoms with Crippen LogP contribution in [-0.4, -0.2) is 18.6 Å². The lowest BCUT2D eigenvalue weighted by Crippen LogP contribution is -2.52. The van der Waals surface area contributed by atoms with Crippen LogP contribution in [0.4, 0.5) is 5.69 Å². The van der Waals surface area contributed by atoms with Gasteiger partial charge in [-0.15, -0.1) is 0 Å². The largest absolute Gasteiger partial charge is 0.368 e. The van der Waals surface area contributed by atoms with Gasteiger partial charge in [0.2, 0.25) is 0 Å². The van der Waals surface area contributed by atoms with Crippen molar-refractivity contribution in [1.29, 1.82) is 0 Å². The molecule has 3 rings (SSSR count). The summed E-state index contributed by atoms with van der Waals surface area (Å²) in [6.45, 7) is 3.39. The minimum atomic E-state index is 0.445. The molecule has 0 bridgehead atoms. The van der Waals surface area contributed by atoms with Crippen LogP contribution in [0.2, 0.25) is 0 Å². The molecule has 0 amide bonds. The number of fused-ring (bicyclic) bond motifs is 1. The molecule has 1 aromatic rings. The van der Waals surface area contributed by atoms with Crippen LogP contribution in [0, 0.1) is 6.92 Å². The Kier molecular flexibility index (Phi) is 2.40. The third kappa shape index (κ3) is 1.61. The van der Waals surface area contributed by atoms with Crippen LogP contribution in [0.3, 0.4) is 0 Å². The van der Waals surface area contributed by atoms with Crippen molar-refractivity contribution in [3.8, 4) is 0 Å². The molecule has 2 N–H and O–H groups in total. The molecule has 2 nitrogen and oxygen atoms in total. The van der Waals surface area contributed by atoms with E-state index in [-0.39, 0.29) is 0 Å². The molecule has 1 aliphatic carbocycles. The first-order valence-electron chi connectivity index (χ1n) is 6.36. The molecule has 2 heteroatoms. The molecule has 1 heterocycles. The second kappa shape index (κ2) is 3.77. The average molecular weight is 216 g/mol. The fourth-order valence-electron chi connectivity index (χ4n) is 3.02. The van der Waals surface area contributed by atoms with E-state index < -0.39 is 0 Å². The van der Waals surface area contributed by atoms with E-state index >= 15 is 0 Å². The summed E-state index contributed by atoms with van der Waals surface area (Å²) in [4.78, 5) is 2.58. The molecule has 1 aliphatic heterocycles. The average Bonchev–Trinajstić information content (AvgIpc) is 2.24. The molecule has 1 saturated carbocycles. The molecule has 86 valence electrons. The van der Waals surface area contributed by atoms with Gasteiger partial charge >= 0.3 is 0 Å². The summed E-state index contributed by atoms with van der Waals surface area (Å²) < 4.78 is 0. The number of nitrogens with two attached hydrogens (primary N) is 1. The first-order valence-corrected chi connectivity index (χ1v) is 6.36. The number of hydrogen-bond acceptors (Lipinski definition) is 2. The van der Waals surface area contributed by atoms with Crippen LogP contribution in [0.1, 0.15) is 30.4 Å². The smallest absolute Gasteiger partial charge is 0.0401 e. The van der Waals surface area contributed by atoms with E-state index in [9.17, 15) is 0 Å². The Morgan fingerprint density at radius 3 is 2.88 bits per heavy atom. The zero-order valence-corrected chi connectivity index (χ0v) is 9.95. The lowest BCUT2D eigenvalue weighted by molar-refractivity contribution is 0.325. The molecule has 0 saturated heterocycles. The summed E-state index contributed by atoms with van der Waals surface area (Å²) in [5.41, 5.74) is 10.3. The molecule has 0 atom stereocenters. The van der Waals surface area contributed by atoms with Gasteiger partial charge in [0.05, 0.1) is 0 Å². The van der Waals surface area contributed by atoms with Crippen LogP contribution in [0.15, 0.2) is 18.2 Å². The summed E-state index contributed by atoms with van der Waals surface area (Å²) in [6.07, 6.45) is 4.88. The number of rotatable bonds is 1. The van der Waals surface area contributed by atoms with Crippen molar-refractivity contribution in [2.24, 2.45) is 5.73 Å². The topological polar surface area (TPSA) is 29.3 Å². The van der Waals surface area contributed by atoms with Crippen molar-refractivity contribution < 1.29 is 0 Å². The van der Waals surface area contributed by atoms with Gasteiger partial charge in [0.15, 0.2) is 0 Å². The second-order valence-corrected chi connectivity index (χ2v) is 5.31. The van der Waals surface area contributed by atoms with E-state index in [1.54, 1.807) is 0 Å². The first kappa shape index (κ1) is 10.2. The number of nitrogens with zero attached hydrogens (tertiary/aromatic N) is 1. The van der Waals surface area contributed by atoms with Crippen molar-refractivity contribution in [1.82, 2.24) is 0 Å². The van der Waals surface area contributed by atoms with Crippen molar-refractivity contribution >= 4 is 5.69 Å². The quantitative estimate of drug-likeness (QED) is 0.780. The summed E-state index contributed by atoms with van der Waals surface area (Å²) in [7, 11) is 0. The molecule has 1 aromatic carbocycles. The number of benzene rings is 1. The normalized spacial score (nSPS) is 28.5. The Balaban J connectivity index is 1.88. The monoisotopic (exact) mass is 216 g/mol. The standard InChI is InChI=1S/C14H20N2/c1-10-4-5-14-11(7-10)3-2-6-16(14)13-8-12(15)9-13/h4-5,7,12-13H,2-3,6,8-9,15H2,1H3. The highest BCUT2D eigenvalue weighted by Crippen LogP contribution is 2.35. The molecule has 1 fully saturated rings. The summed E-state index contributed by atoms with van der Waals surface area (Å²) in [6, 6.07) is 8.03. The van der Waals surface area contributed by atoms with E-state index in [1.165, 1.54) is 49.0 Å². The van der Waals surface area contributed by atoms with Crippen LogP contribution < -0.4 is 10.6 Å². The summed E-state index contributed by atoms with van der Waals surface area (Å²) in [5.74, 6) is 0. The molecular formula is C14H20N2. The van der Waals surface area contributed by atoms with E-state index in [1.807, 2.05) is 0 Å². The van der Waals surface area contributed by atoms with Crippen LogP contribution in [0.25, 0.3) is 0 Å². The van der Waals surface area contributed by atoms with Crippen LogP contribution in [0.5, 0.6) is 0 Å². The minimum Gasteiger partial charge on any atom is -0.368 e. The second-order valence-electron chi connectivity index (χ2n) is 5.31. The third-order valence-corrected chi connectivity index (χ3v) is 3.98. The summed E-state index contributed by atoms with van der Waals surface area (Å²) in [5, 5.41) is 0. The van der Waals surface area contributed by atoms with E-state index in [4.69, 9.17) is 5.73 Å². The van der Waals surface area contributed by atoms with Crippen LogP contribution in [-0.2, 0) is 6.42 Å². The molecular weight excluding hydrogens is 196 g/mol. The van der Waals surface area contributed by atoms with Crippen LogP contribution >= 0.6 is 0 Å². The van der Waals surface area contributed by atoms with E-state index in [0.29, 0.717) is 12.1 Å². The fraction of sp³-hybridized carbons (Fsp3) is 0.571. The van der Waals surface area contributed by atoms with Gasteiger partial charge in [0.25, 0.3) is 0 Å². The van der Waals surface area contributed by atoms with E-state index in [2.05, 4.69) is 30.0 Å². The van der Waals surface area contributed by atoms with Gasteiger partial charge in [0.1, 0.15) is 0 Å². The Hall–Kier alpha value is -1.02. The molecule has 0 spiro atoms. The van der Waals surface area contributed by atoms with E-state index in [0.717, 1.165) is 0 Å². The molecule has 0 unspecified atom stereocenters. The van der Waals surface area contributed by atoms with Gasteiger partial charge in [-0.1, -0.05) is 17.7 Å². The van der Waals surface area contributed by atoms with Crippen molar-refractivity contribution in [2.75, 3.05) is 11.4 Å². The SMILES string of the molecule is Cc1ccc2c(c1)CCCN2C1CC(N)C1. The van der Waals surface area contributed by atoms with Crippen molar-refractivity contribution in [2.45, 2.75) is 44.7 Å². The maximum atomic E-state index is 5.89. The lowest BCUT2D eigenvalue weighted by Gasteiger charge is -2.45. The predicted octanol–water partition coefficient (Wildman–Crippen LogP) is 2.24. The Morgan fingerprint density at radius 2 is 2.12 bits per heavy atom. The maximum absolute atomic E-state index is 5.89. The first-order chi connectivity index (χ1) is 7.74. The Bertz CT molecular complexity index is 394. The highest BCUT2D eigenvalue weighted by atomic mass is 15.2. The number of hydrogen-bond donors (Lipinski definition) is 1. The van der Waals surface area contributed by atoms with Gasteiger partial charge in [-0.2, -0.15) is 0 Å². The van der Waals surface area contributed by atoms with Gasteiger partial charge in [0, 0.05) is 24.3 Å². The molecule has 0 radical (unpaired) electrons. The highest BCUT2D eigenvalue weighted by molar-refractivity contribution is 5.57. The van der Waals surface area contributed by atoms with Gasteiger partial charge in [-0.05, 0) is 44.2 Å². The molecule has 16 heavy (non-hydrogen) atoms. The van der Waals surface area contributed by atoms with Gasteiger partial charge in [-0.25, -0.2) is 0 Å². The van der Waals surface area contributed by atoms with Crippen molar-refractivity contribution in [3.05, 3.63) is 29.3 Å². The zero-order valence-electron chi connectivity index (χ0n) is 9.95. The van der Waals surface area contributed by atoms with Gasteiger partial charge in [-0.3, -0.25) is 0 Å². The number of anilines is 1. The fourth-order valence-corrected chi connectivity index (χ4v) is 3.02. The third-order valence-electron chi connectivity index (χ3n) is 3.98. The molecule has 0 aromatic heterocycles. The minimum absolute atomic E-state index is 0.445. The maximum Gasteiger partial charge on any atom is 0.0401 e. The predicted molar refractivity (Wildman–Crippen MR) is 67.8 cm³/mol. The lowest BCUT2D eigenvalue weighted by atomic mass is 9.84. The Morgan fingerprint density at radius 1 is 1.31 bits per heavy atom. The molecule has 2 aliphatic rings. The number of aryl methyl sites for hydroxylation is 2. The zero-order chi connectivity index (χ0) is 11.1. The Labute approximate surface area is 97.4 Å². The summed E-state index contributed by atoms with van der Waals surface area (Å²) >= 11 is 0. The van der Waals surface area contributed by atoms with Gasteiger partial charge < -0.3 is 10.6 Å². The highest BCUT2D eigenvalue weighted by Gasteiger charge is 2.33. The van der Waals surface area contributed by atoms with Crippen molar-refractivity contribution in [3.63, 3.8) is 0 Å².